The van der Waals surface area contributed by atoms with Gasteiger partial charge in [-0.25, -0.2) is 0 Å². The van der Waals surface area contributed by atoms with E-state index in [1.807, 2.05) is 0 Å². The fourth-order valence-corrected chi connectivity index (χ4v) is 2.06. The van der Waals surface area contributed by atoms with Gasteiger partial charge in [0.05, 0.1) is 10.6 Å². The molecule has 0 nitrogen and oxygen atoms in total. The summed E-state index contributed by atoms with van der Waals surface area (Å²) < 4.78 is 37.2. The lowest BCUT2D eigenvalue weighted by atomic mass is 10.2. The van der Waals surface area contributed by atoms with Crippen molar-refractivity contribution in [3.63, 3.8) is 0 Å². The summed E-state index contributed by atoms with van der Waals surface area (Å²) in [6.07, 6.45) is -4.34. The summed E-state index contributed by atoms with van der Waals surface area (Å²) in [5, 5.41) is 0.306. The van der Waals surface area contributed by atoms with Gasteiger partial charge in [-0.3, -0.25) is 0 Å². The van der Waals surface area contributed by atoms with Gasteiger partial charge in [-0.1, -0.05) is 11.6 Å². The Hall–Kier alpha value is 0.510. The average molecular weight is 385 g/mol. The summed E-state index contributed by atoms with van der Waals surface area (Å²) in [5.74, 6) is 0. The molecule has 1 aromatic carbocycles. The third-order valence-corrected chi connectivity index (χ3v) is 4.66. The summed E-state index contributed by atoms with van der Waals surface area (Å²) in [5.41, 5.74) is -0.707. The first-order valence-corrected chi connectivity index (χ1v) is 5.29. The Labute approximate surface area is 99.7 Å². The average Bonchev–Trinajstić information content (AvgIpc) is 1.98. The van der Waals surface area contributed by atoms with Crippen molar-refractivity contribution < 1.29 is 13.2 Å². The van der Waals surface area contributed by atoms with Crippen LogP contribution >= 0.6 is 50.1 Å². The molecule has 0 bridgehead atoms. The number of benzene rings is 1. The molecule has 0 aliphatic rings. The van der Waals surface area contributed by atoms with Gasteiger partial charge < -0.3 is 0 Å². The molecule has 0 N–H and O–H groups in total. The Kier molecular flexibility index (Phi) is 3.51. The molecule has 13 heavy (non-hydrogen) atoms. The van der Waals surface area contributed by atoms with Gasteiger partial charge in [-0.05, 0) is 50.7 Å². The van der Waals surface area contributed by atoms with E-state index in [0.717, 1.165) is 6.07 Å². The SMILES string of the molecule is FC(F)(F)c1ccc(Cl)c(I)c1Br. The van der Waals surface area contributed by atoms with E-state index in [0.29, 0.717) is 8.59 Å². The zero-order chi connectivity index (χ0) is 10.2. The summed E-state index contributed by atoms with van der Waals surface area (Å²) in [4.78, 5) is 0. The second-order valence-corrected chi connectivity index (χ2v) is 4.50. The van der Waals surface area contributed by atoms with Gasteiger partial charge in [0.25, 0.3) is 0 Å². The summed E-state index contributed by atoms with van der Waals surface area (Å²) in [7, 11) is 0. The third kappa shape index (κ3) is 2.50. The summed E-state index contributed by atoms with van der Waals surface area (Å²) in [6.45, 7) is 0. The van der Waals surface area contributed by atoms with Crippen molar-refractivity contribution in [2.45, 2.75) is 6.18 Å². The van der Waals surface area contributed by atoms with Crippen LogP contribution < -0.4 is 0 Å². The van der Waals surface area contributed by atoms with Crippen LogP contribution in [0.1, 0.15) is 5.56 Å². The van der Waals surface area contributed by atoms with Crippen LogP contribution in [-0.2, 0) is 6.18 Å². The van der Waals surface area contributed by atoms with Crippen molar-refractivity contribution in [1.82, 2.24) is 0 Å². The molecule has 0 aliphatic heterocycles. The van der Waals surface area contributed by atoms with E-state index in [2.05, 4.69) is 15.9 Å². The lowest BCUT2D eigenvalue weighted by molar-refractivity contribution is -0.138. The van der Waals surface area contributed by atoms with E-state index in [1.54, 1.807) is 22.6 Å². The highest BCUT2D eigenvalue weighted by molar-refractivity contribution is 14.1. The quantitative estimate of drug-likeness (QED) is 0.448. The zero-order valence-electron chi connectivity index (χ0n) is 5.92. The van der Waals surface area contributed by atoms with Crippen molar-refractivity contribution in [1.29, 1.82) is 0 Å². The first kappa shape index (κ1) is 11.6. The van der Waals surface area contributed by atoms with Crippen LogP contribution in [-0.4, -0.2) is 0 Å². The topological polar surface area (TPSA) is 0 Å². The fourth-order valence-electron chi connectivity index (χ4n) is 0.745. The number of hydrogen-bond acceptors (Lipinski definition) is 0. The van der Waals surface area contributed by atoms with Gasteiger partial charge in [0.1, 0.15) is 0 Å². The summed E-state index contributed by atoms with van der Waals surface area (Å²) in [6, 6.07) is 2.19. The van der Waals surface area contributed by atoms with Crippen molar-refractivity contribution in [3.05, 3.63) is 30.8 Å². The van der Waals surface area contributed by atoms with Crippen LogP contribution in [0.25, 0.3) is 0 Å². The third-order valence-electron chi connectivity index (χ3n) is 1.34. The van der Waals surface area contributed by atoms with E-state index >= 15 is 0 Å². The molecule has 0 amide bonds. The van der Waals surface area contributed by atoms with Crippen molar-refractivity contribution in [3.8, 4) is 0 Å². The van der Waals surface area contributed by atoms with E-state index in [1.165, 1.54) is 6.07 Å². The predicted octanol–water partition coefficient (Wildman–Crippen LogP) is 4.73. The highest BCUT2D eigenvalue weighted by Gasteiger charge is 2.33. The molecule has 0 unspecified atom stereocenters. The lowest BCUT2D eigenvalue weighted by Gasteiger charge is -2.10. The van der Waals surface area contributed by atoms with E-state index < -0.39 is 11.7 Å². The maximum atomic E-state index is 12.3. The first-order chi connectivity index (χ1) is 5.84. The first-order valence-electron chi connectivity index (χ1n) is 3.04. The maximum absolute atomic E-state index is 12.3. The largest absolute Gasteiger partial charge is 0.417 e. The molecule has 0 atom stereocenters. The molecule has 0 spiro atoms. The van der Waals surface area contributed by atoms with Gasteiger partial charge in [0.15, 0.2) is 0 Å². The number of rotatable bonds is 0. The standard InChI is InChI=1S/C7H2BrClF3I/c8-5-3(7(10,11)12)1-2-4(9)6(5)13/h1-2H. The predicted molar refractivity (Wildman–Crippen MR) is 56.9 cm³/mol. The molecule has 0 saturated heterocycles. The maximum Gasteiger partial charge on any atom is 0.417 e. The van der Waals surface area contributed by atoms with Crippen LogP contribution in [0, 0.1) is 3.57 Å². The molecule has 0 aliphatic carbocycles. The minimum absolute atomic E-state index is 0.00639. The smallest absolute Gasteiger partial charge is 0.166 e. The molecule has 0 fully saturated rings. The van der Waals surface area contributed by atoms with Crippen LogP contribution in [0.3, 0.4) is 0 Å². The number of alkyl halides is 3. The lowest BCUT2D eigenvalue weighted by Crippen LogP contribution is -2.06. The molecule has 0 aromatic heterocycles. The van der Waals surface area contributed by atoms with Gasteiger partial charge in [-0.2, -0.15) is 13.2 Å². The fraction of sp³-hybridized carbons (Fsp3) is 0.143. The Bertz CT molecular complexity index is 337. The Morgan fingerprint density at radius 2 is 1.85 bits per heavy atom. The highest BCUT2D eigenvalue weighted by atomic mass is 127. The Morgan fingerprint density at radius 1 is 1.31 bits per heavy atom. The zero-order valence-corrected chi connectivity index (χ0v) is 10.4. The Balaban J connectivity index is 3.35. The molecular formula is C7H2BrClF3I. The van der Waals surface area contributed by atoms with Crippen molar-refractivity contribution in [2.75, 3.05) is 0 Å². The Morgan fingerprint density at radius 3 is 2.31 bits per heavy atom. The van der Waals surface area contributed by atoms with Crippen LogP contribution in [0.5, 0.6) is 0 Å². The number of hydrogen-bond donors (Lipinski definition) is 0. The van der Waals surface area contributed by atoms with E-state index in [9.17, 15) is 13.2 Å². The van der Waals surface area contributed by atoms with Crippen LogP contribution in [0.2, 0.25) is 5.02 Å². The van der Waals surface area contributed by atoms with Gasteiger partial charge >= 0.3 is 6.18 Å². The van der Waals surface area contributed by atoms with Crippen molar-refractivity contribution >= 4 is 50.1 Å². The normalized spacial score (nSPS) is 11.8. The molecule has 0 heterocycles. The van der Waals surface area contributed by atoms with Gasteiger partial charge in [0.2, 0.25) is 0 Å². The molecule has 0 radical (unpaired) electrons. The second-order valence-electron chi connectivity index (χ2n) is 2.22. The minimum Gasteiger partial charge on any atom is -0.166 e. The summed E-state index contributed by atoms with van der Waals surface area (Å²) >= 11 is 10.2. The van der Waals surface area contributed by atoms with Crippen molar-refractivity contribution in [2.24, 2.45) is 0 Å². The highest BCUT2D eigenvalue weighted by Crippen LogP contribution is 2.39. The molecule has 6 heteroatoms. The van der Waals surface area contributed by atoms with E-state index in [-0.39, 0.29) is 4.47 Å². The van der Waals surface area contributed by atoms with Crippen LogP contribution in [0.4, 0.5) is 13.2 Å². The molecular weight excluding hydrogens is 383 g/mol. The number of halogens is 6. The monoisotopic (exact) mass is 384 g/mol. The minimum atomic E-state index is -4.34. The van der Waals surface area contributed by atoms with E-state index in [4.69, 9.17) is 11.6 Å². The molecule has 1 aromatic rings. The second kappa shape index (κ2) is 3.94. The molecule has 0 saturated carbocycles. The van der Waals surface area contributed by atoms with Gasteiger partial charge in [0, 0.05) is 8.04 Å². The van der Waals surface area contributed by atoms with Gasteiger partial charge in [-0.15, -0.1) is 0 Å². The molecule has 1 rings (SSSR count). The van der Waals surface area contributed by atoms with Crippen LogP contribution in [0.15, 0.2) is 16.6 Å². The molecule has 72 valence electrons.